The number of nitrogens with zero attached hydrogens (tertiary/aromatic N) is 1. The predicted molar refractivity (Wildman–Crippen MR) is 82.6 cm³/mol. The van der Waals surface area contributed by atoms with Crippen molar-refractivity contribution in [2.24, 2.45) is 0 Å². The van der Waals surface area contributed by atoms with Crippen molar-refractivity contribution in [1.82, 2.24) is 10.2 Å². The van der Waals surface area contributed by atoms with Gasteiger partial charge < -0.3 is 5.32 Å². The molecule has 1 aromatic carbocycles. The molecule has 1 heterocycles. The summed E-state index contributed by atoms with van der Waals surface area (Å²) in [4.78, 5) is 2.63. The van der Waals surface area contributed by atoms with Gasteiger partial charge in [-0.2, -0.15) is 0 Å². The average molecular weight is 260 g/mol. The largest absolute Gasteiger partial charge is 0.313 e. The van der Waals surface area contributed by atoms with Gasteiger partial charge in [0.1, 0.15) is 0 Å². The molecule has 0 amide bonds. The normalized spacial score (nSPS) is 23.4. The highest BCUT2D eigenvalue weighted by atomic mass is 15.2. The van der Waals surface area contributed by atoms with Gasteiger partial charge in [-0.15, -0.1) is 0 Å². The molecule has 0 spiro atoms. The number of hydrogen-bond acceptors (Lipinski definition) is 2. The second-order valence-electron chi connectivity index (χ2n) is 5.96. The van der Waals surface area contributed by atoms with Gasteiger partial charge in [-0.05, 0) is 44.7 Å². The Bertz CT molecular complexity index is 363. The number of nitrogens with one attached hydrogen (secondary N) is 1. The molecule has 106 valence electrons. The molecule has 3 atom stereocenters. The lowest BCUT2D eigenvalue weighted by molar-refractivity contribution is 0.243. The van der Waals surface area contributed by atoms with Crippen LogP contribution in [0, 0.1) is 0 Å². The van der Waals surface area contributed by atoms with E-state index in [1.807, 2.05) is 0 Å². The highest BCUT2D eigenvalue weighted by Crippen LogP contribution is 2.27. The van der Waals surface area contributed by atoms with Crippen molar-refractivity contribution in [3.05, 3.63) is 35.9 Å². The number of hydrogen-bond donors (Lipinski definition) is 1. The van der Waals surface area contributed by atoms with Gasteiger partial charge in [0.05, 0.1) is 0 Å². The van der Waals surface area contributed by atoms with E-state index < -0.39 is 0 Å². The number of rotatable bonds is 6. The van der Waals surface area contributed by atoms with E-state index in [9.17, 15) is 0 Å². The summed E-state index contributed by atoms with van der Waals surface area (Å²) < 4.78 is 0. The second-order valence-corrected chi connectivity index (χ2v) is 5.96. The lowest BCUT2D eigenvalue weighted by Crippen LogP contribution is -2.41. The van der Waals surface area contributed by atoms with Gasteiger partial charge in [-0.25, -0.2) is 0 Å². The first-order valence-corrected chi connectivity index (χ1v) is 7.73. The van der Waals surface area contributed by atoms with Crippen LogP contribution in [0.4, 0.5) is 0 Å². The molecule has 1 N–H and O–H groups in total. The van der Waals surface area contributed by atoms with Gasteiger partial charge in [0.25, 0.3) is 0 Å². The van der Waals surface area contributed by atoms with E-state index in [4.69, 9.17) is 0 Å². The second kappa shape index (κ2) is 7.06. The first-order chi connectivity index (χ1) is 9.20. The molecule has 1 fully saturated rings. The average Bonchev–Trinajstić information content (AvgIpc) is 2.95. The van der Waals surface area contributed by atoms with Crippen LogP contribution in [0.3, 0.4) is 0 Å². The maximum Gasteiger partial charge on any atom is 0.0192 e. The maximum atomic E-state index is 3.62. The Balaban J connectivity index is 1.81. The molecule has 1 saturated heterocycles. The van der Waals surface area contributed by atoms with Crippen LogP contribution in [0.1, 0.15) is 45.1 Å². The van der Waals surface area contributed by atoms with Crippen molar-refractivity contribution in [2.45, 2.75) is 51.6 Å². The molecule has 0 bridgehead atoms. The zero-order valence-electron chi connectivity index (χ0n) is 12.6. The van der Waals surface area contributed by atoms with Gasteiger partial charge in [0, 0.05) is 25.2 Å². The Kier molecular flexibility index (Phi) is 5.41. The molecule has 1 aromatic rings. The predicted octanol–water partition coefficient (Wildman–Crippen LogP) is 3.25. The first kappa shape index (κ1) is 14.5. The summed E-state index contributed by atoms with van der Waals surface area (Å²) in [6.07, 6.45) is 2.51. The molecule has 0 radical (unpaired) electrons. The van der Waals surface area contributed by atoms with Crippen LogP contribution in [-0.4, -0.2) is 36.6 Å². The Morgan fingerprint density at radius 2 is 2.00 bits per heavy atom. The summed E-state index contributed by atoms with van der Waals surface area (Å²) in [6, 6.07) is 12.2. The van der Waals surface area contributed by atoms with Gasteiger partial charge in [0.15, 0.2) is 0 Å². The standard InChI is InChI=1S/C17H28N2/c1-4-14(2)18-12-15(3)19-11-10-17(13-19)16-8-6-5-7-9-16/h5-9,14-15,17-18H,4,10-13H2,1-3H3. The minimum absolute atomic E-state index is 0.634. The van der Waals surface area contributed by atoms with Gasteiger partial charge >= 0.3 is 0 Å². The fraction of sp³-hybridized carbons (Fsp3) is 0.647. The summed E-state index contributed by atoms with van der Waals surface area (Å²) in [5, 5.41) is 3.62. The van der Waals surface area contributed by atoms with E-state index in [0.717, 1.165) is 12.5 Å². The third-order valence-electron chi connectivity index (χ3n) is 4.49. The Morgan fingerprint density at radius 1 is 1.26 bits per heavy atom. The molecule has 2 nitrogen and oxygen atoms in total. The van der Waals surface area contributed by atoms with Gasteiger partial charge in [0.2, 0.25) is 0 Å². The van der Waals surface area contributed by atoms with E-state index in [-0.39, 0.29) is 0 Å². The van der Waals surface area contributed by atoms with Crippen molar-refractivity contribution in [3.8, 4) is 0 Å². The number of likely N-dealkylation sites (tertiary alicyclic amines) is 1. The quantitative estimate of drug-likeness (QED) is 0.844. The van der Waals surface area contributed by atoms with E-state index in [2.05, 4.69) is 61.3 Å². The highest BCUT2D eigenvalue weighted by Gasteiger charge is 2.26. The van der Waals surface area contributed by atoms with Crippen LogP contribution < -0.4 is 5.32 Å². The summed E-state index contributed by atoms with van der Waals surface area (Å²) in [5.74, 6) is 0.729. The third-order valence-corrected chi connectivity index (χ3v) is 4.49. The fourth-order valence-electron chi connectivity index (χ4n) is 2.83. The van der Waals surface area contributed by atoms with Crippen molar-refractivity contribution < 1.29 is 0 Å². The van der Waals surface area contributed by atoms with E-state index in [0.29, 0.717) is 12.1 Å². The SMILES string of the molecule is CCC(C)NCC(C)N1CCC(c2ccccc2)C1. The zero-order valence-corrected chi connectivity index (χ0v) is 12.6. The van der Waals surface area contributed by atoms with Crippen LogP contribution >= 0.6 is 0 Å². The lowest BCUT2D eigenvalue weighted by Gasteiger charge is -2.26. The topological polar surface area (TPSA) is 15.3 Å². The van der Waals surface area contributed by atoms with Crippen molar-refractivity contribution >= 4 is 0 Å². The molecule has 0 aliphatic carbocycles. The Morgan fingerprint density at radius 3 is 2.68 bits per heavy atom. The molecular weight excluding hydrogens is 232 g/mol. The van der Waals surface area contributed by atoms with Crippen LogP contribution in [0.15, 0.2) is 30.3 Å². The Labute approximate surface area is 118 Å². The van der Waals surface area contributed by atoms with Gasteiger partial charge in [-0.3, -0.25) is 4.90 Å². The first-order valence-electron chi connectivity index (χ1n) is 7.73. The van der Waals surface area contributed by atoms with Crippen LogP contribution in [0.5, 0.6) is 0 Å². The molecule has 19 heavy (non-hydrogen) atoms. The van der Waals surface area contributed by atoms with Crippen molar-refractivity contribution in [2.75, 3.05) is 19.6 Å². The fourth-order valence-corrected chi connectivity index (χ4v) is 2.83. The third kappa shape index (κ3) is 4.05. The van der Waals surface area contributed by atoms with E-state index >= 15 is 0 Å². The van der Waals surface area contributed by atoms with Crippen LogP contribution in [0.25, 0.3) is 0 Å². The molecule has 2 rings (SSSR count). The summed E-state index contributed by atoms with van der Waals surface area (Å²) in [7, 11) is 0. The molecule has 3 unspecified atom stereocenters. The van der Waals surface area contributed by atoms with E-state index in [1.54, 1.807) is 0 Å². The minimum Gasteiger partial charge on any atom is -0.313 e. The smallest absolute Gasteiger partial charge is 0.0192 e. The maximum absolute atomic E-state index is 3.62. The lowest BCUT2D eigenvalue weighted by atomic mass is 9.99. The summed E-state index contributed by atoms with van der Waals surface area (Å²) in [5.41, 5.74) is 1.51. The summed E-state index contributed by atoms with van der Waals surface area (Å²) in [6.45, 7) is 10.4. The minimum atomic E-state index is 0.634. The van der Waals surface area contributed by atoms with Gasteiger partial charge in [-0.1, -0.05) is 37.3 Å². The molecular formula is C17H28N2. The molecule has 0 aromatic heterocycles. The van der Waals surface area contributed by atoms with Crippen LogP contribution in [0.2, 0.25) is 0 Å². The zero-order chi connectivity index (χ0) is 13.7. The molecule has 1 aliphatic rings. The van der Waals surface area contributed by atoms with Crippen molar-refractivity contribution in [1.29, 1.82) is 0 Å². The number of benzene rings is 1. The molecule has 0 saturated carbocycles. The van der Waals surface area contributed by atoms with E-state index in [1.165, 1.54) is 31.5 Å². The van der Waals surface area contributed by atoms with Crippen molar-refractivity contribution in [3.63, 3.8) is 0 Å². The Hall–Kier alpha value is -0.860. The van der Waals surface area contributed by atoms with Crippen LogP contribution in [-0.2, 0) is 0 Å². The molecule has 1 aliphatic heterocycles. The summed E-state index contributed by atoms with van der Waals surface area (Å²) >= 11 is 0. The molecule has 2 heteroatoms. The highest BCUT2D eigenvalue weighted by molar-refractivity contribution is 5.21. The monoisotopic (exact) mass is 260 g/mol.